The van der Waals surface area contributed by atoms with Crippen LogP contribution >= 0.6 is 27.3 Å². The van der Waals surface area contributed by atoms with Crippen LogP contribution in [-0.4, -0.2) is 29.9 Å². The van der Waals surface area contributed by atoms with Crippen molar-refractivity contribution in [3.8, 4) is 0 Å². The molecule has 94 valence electrons. The summed E-state index contributed by atoms with van der Waals surface area (Å²) in [6, 6.07) is 2.47. The van der Waals surface area contributed by atoms with Gasteiger partial charge in [0.2, 0.25) is 5.91 Å². The Labute approximate surface area is 114 Å². The molecule has 3 nitrogen and oxygen atoms in total. The van der Waals surface area contributed by atoms with Crippen molar-refractivity contribution in [2.45, 2.75) is 38.4 Å². The summed E-state index contributed by atoms with van der Waals surface area (Å²) in [6.45, 7) is 2.77. The van der Waals surface area contributed by atoms with Crippen LogP contribution in [0.4, 0.5) is 0 Å². The Morgan fingerprint density at radius 3 is 2.94 bits per heavy atom. The SMILES string of the molecule is C[C@@H](C(=O)NC1CC1)N(C)Cc1cc(Br)cs1. The Kier molecular flexibility index (Phi) is 4.22. The second-order valence-electron chi connectivity index (χ2n) is 4.61. The van der Waals surface area contributed by atoms with Gasteiger partial charge in [-0.2, -0.15) is 0 Å². The number of halogens is 1. The van der Waals surface area contributed by atoms with Crippen molar-refractivity contribution in [1.29, 1.82) is 0 Å². The lowest BCUT2D eigenvalue weighted by atomic mass is 10.2. The molecule has 0 saturated heterocycles. The van der Waals surface area contributed by atoms with Gasteiger partial charge in [-0.25, -0.2) is 0 Å². The summed E-state index contributed by atoms with van der Waals surface area (Å²) >= 11 is 5.15. The third-order valence-corrected chi connectivity index (χ3v) is 4.67. The fourth-order valence-electron chi connectivity index (χ4n) is 1.57. The fraction of sp³-hybridized carbons (Fsp3) is 0.583. The van der Waals surface area contributed by atoms with Crippen LogP contribution < -0.4 is 5.32 Å². The summed E-state index contributed by atoms with van der Waals surface area (Å²) in [5.41, 5.74) is 0. The Morgan fingerprint density at radius 1 is 1.71 bits per heavy atom. The standard InChI is InChI=1S/C12H17BrN2OS/c1-8(12(16)14-10-3-4-10)15(2)6-11-5-9(13)7-17-11/h5,7-8,10H,3-4,6H2,1-2H3,(H,14,16)/t8-/m0/s1. The number of amides is 1. The van der Waals surface area contributed by atoms with Gasteiger partial charge in [-0.3, -0.25) is 9.69 Å². The Morgan fingerprint density at radius 2 is 2.41 bits per heavy atom. The summed E-state index contributed by atoms with van der Waals surface area (Å²) in [4.78, 5) is 15.2. The van der Waals surface area contributed by atoms with E-state index in [2.05, 4.69) is 37.6 Å². The van der Waals surface area contributed by atoms with E-state index in [0.29, 0.717) is 6.04 Å². The molecule has 1 aliphatic carbocycles. The number of nitrogens with zero attached hydrogens (tertiary/aromatic N) is 1. The van der Waals surface area contributed by atoms with Crippen molar-refractivity contribution < 1.29 is 4.79 Å². The first kappa shape index (κ1) is 13.1. The lowest BCUT2D eigenvalue weighted by Crippen LogP contribution is -2.43. The largest absolute Gasteiger partial charge is 0.352 e. The molecule has 0 bridgehead atoms. The zero-order chi connectivity index (χ0) is 12.4. The summed E-state index contributed by atoms with van der Waals surface area (Å²) in [6.07, 6.45) is 2.28. The van der Waals surface area contributed by atoms with Crippen LogP contribution in [0.15, 0.2) is 15.9 Å². The van der Waals surface area contributed by atoms with E-state index in [1.807, 2.05) is 14.0 Å². The van der Waals surface area contributed by atoms with Crippen LogP contribution in [0.3, 0.4) is 0 Å². The van der Waals surface area contributed by atoms with Crippen LogP contribution in [0.25, 0.3) is 0 Å². The molecule has 1 fully saturated rings. The molecule has 1 aromatic heterocycles. The Bertz CT molecular complexity index is 403. The van der Waals surface area contributed by atoms with Crippen LogP contribution in [0.1, 0.15) is 24.6 Å². The van der Waals surface area contributed by atoms with E-state index in [9.17, 15) is 4.79 Å². The Balaban J connectivity index is 1.85. The molecule has 1 aliphatic rings. The monoisotopic (exact) mass is 316 g/mol. The minimum Gasteiger partial charge on any atom is -0.352 e. The molecule has 0 unspecified atom stereocenters. The predicted molar refractivity (Wildman–Crippen MR) is 74.1 cm³/mol. The molecule has 1 amide bonds. The minimum atomic E-state index is -0.0727. The number of nitrogens with one attached hydrogen (secondary N) is 1. The zero-order valence-corrected chi connectivity index (χ0v) is 12.5. The second kappa shape index (κ2) is 5.50. The average Bonchev–Trinajstić information content (AvgIpc) is 3.00. The maximum Gasteiger partial charge on any atom is 0.237 e. The van der Waals surface area contributed by atoms with Gasteiger partial charge in [-0.15, -0.1) is 11.3 Å². The van der Waals surface area contributed by atoms with Gasteiger partial charge < -0.3 is 5.32 Å². The molecule has 0 spiro atoms. The normalized spacial score (nSPS) is 17.2. The molecular weight excluding hydrogens is 300 g/mol. The van der Waals surface area contributed by atoms with Gasteiger partial charge in [0, 0.05) is 27.3 Å². The van der Waals surface area contributed by atoms with Gasteiger partial charge in [-0.05, 0) is 48.8 Å². The molecule has 1 heterocycles. The van der Waals surface area contributed by atoms with Crippen LogP contribution in [-0.2, 0) is 11.3 Å². The molecule has 0 radical (unpaired) electrons. The van der Waals surface area contributed by atoms with Crippen LogP contribution in [0, 0.1) is 0 Å². The number of likely N-dealkylation sites (N-methyl/N-ethyl adjacent to an activating group) is 1. The number of hydrogen-bond acceptors (Lipinski definition) is 3. The van der Waals surface area contributed by atoms with Crippen molar-refractivity contribution in [2.24, 2.45) is 0 Å². The molecule has 1 aromatic rings. The molecule has 0 aliphatic heterocycles. The number of thiophene rings is 1. The first-order valence-electron chi connectivity index (χ1n) is 5.80. The molecule has 17 heavy (non-hydrogen) atoms. The highest BCUT2D eigenvalue weighted by atomic mass is 79.9. The maximum atomic E-state index is 11.9. The lowest BCUT2D eigenvalue weighted by Gasteiger charge is -2.23. The number of rotatable bonds is 5. The second-order valence-corrected chi connectivity index (χ2v) is 6.52. The molecule has 1 saturated carbocycles. The summed E-state index contributed by atoms with van der Waals surface area (Å²) in [7, 11) is 1.99. The summed E-state index contributed by atoms with van der Waals surface area (Å²) in [5.74, 6) is 0.144. The average molecular weight is 317 g/mol. The summed E-state index contributed by atoms with van der Waals surface area (Å²) < 4.78 is 1.11. The van der Waals surface area contributed by atoms with E-state index >= 15 is 0 Å². The van der Waals surface area contributed by atoms with Crippen molar-refractivity contribution in [1.82, 2.24) is 10.2 Å². The van der Waals surface area contributed by atoms with Gasteiger partial charge in [0.25, 0.3) is 0 Å². The highest BCUT2D eigenvalue weighted by Crippen LogP contribution is 2.22. The van der Waals surface area contributed by atoms with Gasteiger partial charge in [0.15, 0.2) is 0 Å². The molecular formula is C12H17BrN2OS. The smallest absolute Gasteiger partial charge is 0.237 e. The molecule has 0 aromatic carbocycles. The predicted octanol–water partition coefficient (Wildman–Crippen LogP) is 2.61. The maximum absolute atomic E-state index is 11.9. The molecule has 2 rings (SSSR count). The van der Waals surface area contributed by atoms with Crippen molar-refractivity contribution in [3.63, 3.8) is 0 Å². The van der Waals surface area contributed by atoms with Crippen LogP contribution in [0.2, 0.25) is 0 Å². The minimum absolute atomic E-state index is 0.0727. The van der Waals surface area contributed by atoms with Crippen molar-refractivity contribution in [3.05, 3.63) is 20.8 Å². The number of hydrogen-bond donors (Lipinski definition) is 1. The Hall–Kier alpha value is -0.390. The third kappa shape index (κ3) is 3.79. The number of carbonyl (C=O) groups is 1. The van der Waals surface area contributed by atoms with Crippen LogP contribution in [0.5, 0.6) is 0 Å². The van der Waals surface area contributed by atoms with Crippen molar-refractivity contribution in [2.75, 3.05) is 7.05 Å². The van der Waals surface area contributed by atoms with Gasteiger partial charge >= 0.3 is 0 Å². The highest BCUT2D eigenvalue weighted by Gasteiger charge is 2.27. The third-order valence-electron chi connectivity index (χ3n) is 2.99. The van der Waals surface area contributed by atoms with E-state index in [1.54, 1.807) is 11.3 Å². The van der Waals surface area contributed by atoms with E-state index in [4.69, 9.17) is 0 Å². The number of carbonyl (C=O) groups excluding carboxylic acids is 1. The van der Waals surface area contributed by atoms with E-state index in [-0.39, 0.29) is 11.9 Å². The first-order chi connectivity index (χ1) is 8.06. The quantitative estimate of drug-likeness (QED) is 0.905. The highest BCUT2D eigenvalue weighted by molar-refractivity contribution is 9.10. The van der Waals surface area contributed by atoms with Gasteiger partial charge in [-0.1, -0.05) is 0 Å². The fourth-order valence-corrected chi connectivity index (χ4v) is 3.08. The van der Waals surface area contributed by atoms with E-state index < -0.39 is 0 Å². The van der Waals surface area contributed by atoms with Crippen molar-refractivity contribution >= 4 is 33.2 Å². The van der Waals surface area contributed by atoms with Gasteiger partial charge in [0.1, 0.15) is 0 Å². The molecule has 1 N–H and O–H groups in total. The lowest BCUT2D eigenvalue weighted by molar-refractivity contribution is -0.125. The molecule has 1 atom stereocenters. The zero-order valence-electron chi connectivity index (χ0n) is 10.1. The van der Waals surface area contributed by atoms with E-state index in [0.717, 1.165) is 23.9 Å². The topological polar surface area (TPSA) is 32.3 Å². The molecule has 5 heteroatoms. The first-order valence-corrected chi connectivity index (χ1v) is 7.47. The van der Waals surface area contributed by atoms with Gasteiger partial charge in [0.05, 0.1) is 6.04 Å². The van der Waals surface area contributed by atoms with E-state index in [1.165, 1.54) is 4.88 Å². The summed E-state index contributed by atoms with van der Waals surface area (Å²) in [5, 5.41) is 5.11.